The Kier molecular flexibility index (Phi) is 5.46. The van der Waals surface area contributed by atoms with E-state index in [1.54, 1.807) is 7.11 Å². The molecule has 2 nitrogen and oxygen atoms in total. The predicted octanol–water partition coefficient (Wildman–Crippen LogP) is 4.96. The maximum absolute atomic E-state index is 6.23. The molecular formula is C16H17BrClNO. The largest absolute Gasteiger partial charge is 0.496 e. The third-order valence-electron chi connectivity index (χ3n) is 3.25. The fourth-order valence-corrected chi connectivity index (χ4v) is 2.52. The Balaban J connectivity index is 2.07. The second-order valence-electron chi connectivity index (χ2n) is 4.57. The average Bonchev–Trinajstić information content (AvgIpc) is 2.46. The van der Waals surface area contributed by atoms with Crippen LogP contribution in [0.3, 0.4) is 0 Å². The lowest BCUT2D eigenvalue weighted by Gasteiger charge is -2.16. The van der Waals surface area contributed by atoms with Crippen LogP contribution in [0.5, 0.6) is 5.75 Å². The first-order valence-electron chi connectivity index (χ1n) is 6.42. The van der Waals surface area contributed by atoms with E-state index in [0.29, 0.717) is 6.54 Å². The lowest BCUT2D eigenvalue weighted by molar-refractivity contribution is 0.406. The van der Waals surface area contributed by atoms with Gasteiger partial charge in [-0.2, -0.15) is 0 Å². The smallest absolute Gasteiger partial charge is 0.124 e. The highest BCUT2D eigenvalue weighted by atomic mass is 79.9. The van der Waals surface area contributed by atoms with Crippen LogP contribution in [-0.4, -0.2) is 7.11 Å². The van der Waals surface area contributed by atoms with Crippen molar-refractivity contribution in [1.82, 2.24) is 5.32 Å². The minimum atomic E-state index is 0.240. The third kappa shape index (κ3) is 3.75. The zero-order valence-electron chi connectivity index (χ0n) is 11.5. The van der Waals surface area contributed by atoms with E-state index < -0.39 is 0 Å². The second kappa shape index (κ2) is 7.11. The van der Waals surface area contributed by atoms with E-state index in [4.69, 9.17) is 16.3 Å². The lowest BCUT2D eigenvalue weighted by Crippen LogP contribution is -2.18. The maximum atomic E-state index is 6.23. The van der Waals surface area contributed by atoms with E-state index in [1.165, 1.54) is 5.56 Å². The molecule has 1 unspecified atom stereocenters. The van der Waals surface area contributed by atoms with Gasteiger partial charge < -0.3 is 10.1 Å². The number of hydrogen-bond donors (Lipinski definition) is 1. The Morgan fingerprint density at radius 2 is 1.90 bits per heavy atom. The molecule has 0 aromatic heterocycles. The highest BCUT2D eigenvalue weighted by molar-refractivity contribution is 9.10. The number of hydrogen-bond acceptors (Lipinski definition) is 2. The minimum Gasteiger partial charge on any atom is -0.496 e. The van der Waals surface area contributed by atoms with Crippen molar-refractivity contribution in [3.05, 3.63) is 63.1 Å². The van der Waals surface area contributed by atoms with Crippen molar-refractivity contribution in [3.63, 3.8) is 0 Å². The second-order valence-corrected chi connectivity index (χ2v) is 5.90. The Bertz CT molecular complexity index is 571. The van der Waals surface area contributed by atoms with Crippen LogP contribution < -0.4 is 10.1 Å². The fourth-order valence-electron chi connectivity index (χ4n) is 2.03. The minimum absolute atomic E-state index is 0.240. The average molecular weight is 355 g/mol. The van der Waals surface area contributed by atoms with Crippen LogP contribution in [0.25, 0.3) is 0 Å². The summed E-state index contributed by atoms with van der Waals surface area (Å²) in [7, 11) is 1.66. The van der Waals surface area contributed by atoms with Crippen molar-refractivity contribution in [3.8, 4) is 5.75 Å². The zero-order chi connectivity index (χ0) is 14.5. The van der Waals surface area contributed by atoms with E-state index in [0.717, 1.165) is 20.8 Å². The molecule has 0 aliphatic rings. The number of benzene rings is 2. The van der Waals surface area contributed by atoms with Gasteiger partial charge >= 0.3 is 0 Å². The van der Waals surface area contributed by atoms with Crippen LogP contribution in [-0.2, 0) is 6.54 Å². The summed E-state index contributed by atoms with van der Waals surface area (Å²) in [5, 5.41) is 4.19. The van der Waals surface area contributed by atoms with Gasteiger partial charge in [0, 0.05) is 27.6 Å². The van der Waals surface area contributed by atoms with Crippen molar-refractivity contribution in [2.45, 2.75) is 19.5 Å². The highest BCUT2D eigenvalue weighted by Gasteiger charge is 2.10. The van der Waals surface area contributed by atoms with Crippen molar-refractivity contribution in [2.24, 2.45) is 0 Å². The first kappa shape index (κ1) is 15.4. The summed E-state index contributed by atoms with van der Waals surface area (Å²) in [6, 6.07) is 14.2. The van der Waals surface area contributed by atoms with Crippen LogP contribution in [0, 0.1) is 0 Å². The van der Waals surface area contributed by atoms with Gasteiger partial charge in [0.05, 0.1) is 7.11 Å². The molecule has 0 spiro atoms. The van der Waals surface area contributed by atoms with Crippen molar-refractivity contribution < 1.29 is 4.74 Å². The summed E-state index contributed by atoms with van der Waals surface area (Å²) >= 11 is 9.68. The molecule has 0 heterocycles. The lowest BCUT2D eigenvalue weighted by atomic mass is 10.1. The predicted molar refractivity (Wildman–Crippen MR) is 87.4 cm³/mol. The summed E-state index contributed by atoms with van der Waals surface area (Å²) < 4.78 is 6.43. The molecule has 0 amide bonds. The summed E-state index contributed by atoms with van der Waals surface area (Å²) in [5.74, 6) is 0.813. The van der Waals surface area contributed by atoms with E-state index in [1.807, 2.05) is 30.3 Å². The molecule has 4 heteroatoms. The van der Waals surface area contributed by atoms with E-state index in [2.05, 4.69) is 40.3 Å². The van der Waals surface area contributed by atoms with Crippen molar-refractivity contribution in [2.75, 3.05) is 7.11 Å². The van der Waals surface area contributed by atoms with Gasteiger partial charge in [-0.05, 0) is 36.8 Å². The van der Waals surface area contributed by atoms with Crippen LogP contribution in [0.15, 0.2) is 46.9 Å². The number of ether oxygens (including phenoxy) is 1. The Labute approximate surface area is 133 Å². The summed E-state index contributed by atoms with van der Waals surface area (Å²) in [5.41, 5.74) is 2.22. The molecule has 0 aliphatic carbocycles. The molecule has 2 rings (SSSR count). The third-order valence-corrected chi connectivity index (χ3v) is 4.13. The van der Waals surface area contributed by atoms with Crippen LogP contribution in [0.2, 0.25) is 5.02 Å². The SMILES string of the molecule is COc1cccc(Cl)c1CNC(C)c1ccc(Br)cc1. The number of halogens is 2. The van der Waals surface area contributed by atoms with Crippen molar-refractivity contribution in [1.29, 1.82) is 0 Å². The van der Waals surface area contributed by atoms with E-state index >= 15 is 0 Å². The first-order valence-corrected chi connectivity index (χ1v) is 7.59. The molecule has 0 saturated heterocycles. The quantitative estimate of drug-likeness (QED) is 0.819. The maximum Gasteiger partial charge on any atom is 0.124 e. The summed E-state index contributed by atoms with van der Waals surface area (Å²) in [4.78, 5) is 0. The standard InChI is InChI=1S/C16H17BrClNO/c1-11(12-6-8-13(17)9-7-12)19-10-14-15(18)4-3-5-16(14)20-2/h3-9,11,19H,10H2,1-2H3. The molecule has 0 saturated carbocycles. The molecule has 0 fully saturated rings. The van der Waals surface area contributed by atoms with Gasteiger partial charge in [0.15, 0.2) is 0 Å². The number of nitrogens with one attached hydrogen (secondary N) is 1. The van der Waals surface area contributed by atoms with Gasteiger partial charge in [-0.3, -0.25) is 0 Å². The highest BCUT2D eigenvalue weighted by Crippen LogP contribution is 2.27. The molecule has 0 radical (unpaired) electrons. The Morgan fingerprint density at radius 1 is 1.20 bits per heavy atom. The fraction of sp³-hybridized carbons (Fsp3) is 0.250. The van der Waals surface area contributed by atoms with Crippen LogP contribution >= 0.6 is 27.5 Å². The number of rotatable bonds is 5. The van der Waals surface area contributed by atoms with Gasteiger partial charge in [0.2, 0.25) is 0 Å². The molecule has 2 aromatic carbocycles. The van der Waals surface area contributed by atoms with E-state index in [9.17, 15) is 0 Å². The van der Waals surface area contributed by atoms with Gasteiger partial charge in [-0.25, -0.2) is 0 Å². The van der Waals surface area contributed by atoms with Crippen LogP contribution in [0.1, 0.15) is 24.1 Å². The molecule has 0 aliphatic heterocycles. The van der Waals surface area contributed by atoms with Gasteiger partial charge in [0.25, 0.3) is 0 Å². The Morgan fingerprint density at radius 3 is 2.55 bits per heavy atom. The van der Waals surface area contributed by atoms with Gasteiger partial charge in [0.1, 0.15) is 5.75 Å². The molecule has 2 aromatic rings. The van der Waals surface area contributed by atoms with Crippen LogP contribution in [0.4, 0.5) is 0 Å². The Hall–Kier alpha value is -1.03. The molecule has 1 atom stereocenters. The topological polar surface area (TPSA) is 21.3 Å². The number of methoxy groups -OCH3 is 1. The molecule has 1 N–H and O–H groups in total. The monoisotopic (exact) mass is 353 g/mol. The molecule has 20 heavy (non-hydrogen) atoms. The van der Waals surface area contributed by atoms with Crippen molar-refractivity contribution >= 4 is 27.5 Å². The molecule has 0 bridgehead atoms. The normalized spacial score (nSPS) is 12.2. The molecule has 106 valence electrons. The molecular weight excluding hydrogens is 338 g/mol. The van der Waals surface area contributed by atoms with Gasteiger partial charge in [-0.15, -0.1) is 0 Å². The zero-order valence-corrected chi connectivity index (χ0v) is 13.8. The summed E-state index contributed by atoms with van der Waals surface area (Å²) in [6.45, 7) is 2.80. The van der Waals surface area contributed by atoms with Gasteiger partial charge in [-0.1, -0.05) is 45.7 Å². The first-order chi connectivity index (χ1) is 9.61. The van der Waals surface area contributed by atoms with E-state index in [-0.39, 0.29) is 6.04 Å². The summed E-state index contributed by atoms with van der Waals surface area (Å²) in [6.07, 6.45) is 0.